The highest BCUT2D eigenvalue weighted by Gasteiger charge is 2.25. The number of hydrogen-bond donors (Lipinski definition) is 1. The lowest BCUT2D eigenvalue weighted by molar-refractivity contribution is 0.0387. The topological polar surface area (TPSA) is 24.5 Å². The van der Waals surface area contributed by atoms with Gasteiger partial charge in [-0.25, -0.2) is 0 Å². The Hall–Kier alpha value is -1.06. The summed E-state index contributed by atoms with van der Waals surface area (Å²) < 4.78 is 5.92. The molecular formula is C13H18N2O. The minimum atomic E-state index is 0.393. The lowest BCUT2D eigenvalue weighted by Crippen LogP contribution is -2.51. The fourth-order valence-corrected chi connectivity index (χ4v) is 2.44. The second-order valence-corrected chi connectivity index (χ2v) is 4.82. The van der Waals surface area contributed by atoms with E-state index in [1.54, 1.807) is 0 Å². The van der Waals surface area contributed by atoms with Crippen LogP contribution in [0.3, 0.4) is 0 Å². The molecule has 3 rings (SSSR count). The van der Waals surface area contributed by atoms with Crippen LogP contribution in [0.1, 0.15) is 11.1 Å². The van der Waals surface area contributed by atoms with Crippen molar-refractivity contribution >= 4 is 0 Å². The highest BCUT2D eigenvalue weighted by Crippen LogP contribution is 2.23. The number of hydrogen-bond acceptors (Lipinski definition) is 3. The van der Waals surface area contributed by atoms with Gasteiger partial charge in [0.25, 0.3) is 0 Å². The Morgan fingerprint density at radius 1 is 1.31 bits per heavy atom. The zero-order valence-corrected chi connectivity index (χ0v) is 9.70. The summed E-state index contributed by atoms with van der Waals surface area (Å²) in [5.41, 5.74) is 2.87. The quantitative estimate of drug-likeness (QED) is 0.802. The molecule has 2 aliphatic rings. The zero-order chi connectivity index (χ0) is 11.0. The Morgan fingerprint density at radius 2 is 2.19 bits per heavy atom. The van der Waals surface area contributed by atoms with Gasteiger partial charge in [0, 0.05) is 19.6 Å². The number of rotatable bonds is 2. The molecule has 3 nitrogen and oxygen atoms in total. The Balaban J connectivity index is 1.71. The van der Waals surface area contributed by atoms with E-state index < -0.39 is 0 Å². The maximum atomic E-state index is 5.92. The molecule has 1 saturated heterocycles. The van der Waals surface area contributed by atoms with Gasteiger partial charge in [0.2, 0.25) is 0 Å². The Labute approximate surface area is 96.4 Å². The van der Waals surface area contributed by atoms with E-state index in [1.807, 2.05) is 0 Å². The van der Waals surface area contributed by atoms with Gasteiger partial charge in [0.1, 0.15) is 11.9 Å². The van der Waals surface area contributed by atoms with E-state index in [-0.39, 0.29) is 0 Å². The van der Waals surface area contributed by atoms with Gasteiger partial charge < -0.3 is 10.1 Å². The van der Waals surface area contributed by atoms with Gasteiger partial charge in [-0.05, 0) is 43.3 Å². The third-order valence-corrected chi connectivity index (χ3v) is 3.40. The normalized spacial score (nSPS) is 21.3. The van der Waals surface area contributed by atoms with E-state index in [4.69, 9.17) is 4.74 Å². The number of fused-ring (bicyclic) bond motifs is 1. The first-order chi connectivity index (χ1) is 7.81. The molecule has 1 aromatic rings. The van der Waals surface area contributed by atoms with Crippen LogP contribution in [0.5, 0.6) is 5.75 Å². The van der Waals surface area contributed by atoms with Gasteiger partial charge in [0.15, 0.2) is 0 Å². The summed E-state index contributed by atoms with van der Waals surface area (Å²) in [4.78, 5) is 2.27. The van der Waals surface area contributed by atoms with Crippen molar-refractivity contribution < 1.29 is 4.74 Å². The van der Waals surface area contributed by atoms with Crippen molar-refractivity contribution in [1.82, 2.24) is 10.2 Å². The second kappa shape index (κ2) is 4.07. The average molecular weight is 218 g/mol. The van der Waals surface area contributed by atoms with Crippen molar-refractivity contribution in [3.8, 4) is 5.75 Å². The maximum Gasteiger partial charge on any atom is 0.124 e. The molecule has 0 aromatic heterocycles. The first kappa shape index (κ1) is 10.1. The number of likely N-dealkylation sites (tertiary alicyclic amines) is 1. The standard InChI is InChI=1S/C13H18N2O/c1-15-8-13(9-15)16-12-3-2-11-7-14-5-4-10(11)6-12/h2-3,6,13-14H,4-5,7-9H2,1H3. The monoisotopic (exact) mass is 218 g/mol. The molecular weight excluding hydrogens is 200 g/mol. The number of likely N-dealkylation sites (N-methyl/N-ethyl adjacent to an activating group) is 1. The van der Waals surface area contributed by atoms with Crippen LogP contribution >= 0.6 is 0 Å². The van der Waals surface area contributed by atoms with E-state index in [2.05, 4.69) is 35.5 Å². The van der Waals surface area contributed by atoms with Crippen LogP contribution in [0, 0.1) is 0 Å². The predicted octanol–water partition coefficient (Wildman–Crippen LogP) is 1.03. The maximum absolute atomic E-state index is 5.92. The minimum Gasteiger partial charge on any atom is -0.488 e. The van der Waals surface area contributed by atoms with Gasteiger partial charge in [-0.1, -0.05) is 6.07 Å². The third kappa shape index (κ3) is 1.93. The number of nitrogens with one attached hydrogen (secondary N) is 1. The van der Waals surface area contributed by atoms with Crippen molar-refractivity contribution in [2.45, 2.75) is 19.1 Å². The van der Waals surface area contributed by atoms with Gasteiger partial charge in [-0.2, -0.15) is 0 Å². The first-order valence-electron chi connectivity index (χ1n) is 5.99. The van der Waals surface area contributed by atoms with Crippen molar-refractivity contribution in [2.24, 2.45) is 0 Å². The van der Waals surface area contributed by atoms with Crippen molar-refractivity contribution in [1.29, 1.82) is 0 Å². The molecule has 2 aliphatic heterocycles. The largest absolute Gasteiger partial charge is 0.488 e. The lowest BCUT2D eigenvalue weighted by Gasteiger charge is -2.36. The summed E-state index contributed by atoms with van der Waals surface area (Å²) in [6.45, 7) is 4.20. The molecule has 0 atom stereocenters. The number of benzene rings is 1. The van der Waals surface area contributed by atoms with Crippen LogP contribution in [0.25, 0.3) is 0 Å². The van der Waals surface area contributed by atoms with E-state index in [0.29, 0.717) is 6.10 Å². The molecule has 2 heterocycles. The SMILES string of the molecule is CN1CC(Oc2ccc3c(c2)CCNC3)C1. The molecule has 1 N–H and O–H groups in total. The molecule has 1 aromatic carbocycles. The lowest BCUT2D eigenvalue weighted by atomic mass is 10.0. The van der Waals surface area contributed by atoms with Crippen LogP contribution in [-0.4, -0.2) is 37.7 Å². The molecule has 16 heavy (non-hydrogen) atoms. The average Bonchev–Trinajstić information content (AvgIpc) is 2.27. The van der Waals surface area contributed by atoms with Crippen LogP contribution in [0.2, 0.25) is 0 Å². The van der Waals surface area contributed by atoms with Crippen molar-refractivity contribution in [2.75, 3.05) is 26.7 Å². The molecule has 0 radical (unpaired) electrons. The van der Waals surface area contributed by atoms with Crippen LogP contribution in [0.4, 0.5) is 0 Å². The van der Waals surface area contributed by atoms with Gasteiger partial charge >= 0.3 is 0 Å². The summed E-state index contributed by atoms with van der Waals surface area (Å²) in [5.74, 6) is 1.04. The molecule has 0 bridgehead atoms. The molecule has 0 spiro atoms. The van der Waals surface area contributed by atoms with Gasteiger partial charge in [-0.3, -0.25) is 4.90 Å². The van der Waals surface area contributed by atoms with E-state index >= 15 is 0 Å². The summed E-state index contributed by atoms with van der Waals surface area (Å²) in [6.07, 6.45) is 1.52. The van der Waals surface area contributed by atoms with E-state index in [0.717, 1.165) is 38.3 Å². The van der Waals surface area contributed by atoms with Crippen LogP contribution < -0.4 is 10.1 Å². The van der Waals surface area contributed by atoms with Gasteiger partial charge in [-0.15, -0.1) is 0 Å². The predicted molar refractivity (Wildman–Crippen MR) is 63.8 cm³/mol. The highest BCUT2D eigenvalue weighted by atomic mass is 16.5. The van der Waals surface area contributed by atoms with E-state index in [1.165, 1.54) is 11.1 Å². The first-order valence-corrected chi connectivity index (χ1v) is 5.99. The number of ether oxygens (including phenoxy) is 1. The summed E-state index contributed by atoms with van der Waals surface area (Å²) in [6, 6.07) is 6.51. The van der Waals surface area contributed by atoms with Crippen LogP contribution in [0.15, 0.2) is 18.2 Å². The van der Waals surface area contributed by atoms with Gasteiger partial charge in [0.05, 0.1) is 0 Å². The molecule has 0 saturated carbocycles. The summed E-state index contributed by atoms with van der Waals surface area (Å²) >= 11 is 0. The zero-order valence-electron chi connectivity index (χ0n) is 9.70. The van der Waals surface area contributed by atoms with Crippen molar-refractivity contribution in [3.05, 3.63) is 29.3 Å². The van der Waals surface area contributed by atoms with Crippen LogP contribution in [-0.2, 0) is 13.0 Å². The Kier molecular flexibility index (Phi) is 2.58. The molecule has 0 aliphatic carbocycles. The smallest absolute Gasteiger partial charge is 0.124 e. The van der Waals surface area contributed by atoms with E-state index in [9.17, 15) is 0 Å². The highest BCUT2D eigenvalue weighted by molar-refractivity contribution is 5.37. The summed E-state index contributed by atoms with van der Waals surface area (Å²) in [7, 11) is 2.12. The fraction of sp³-hybridized carbons (Fsp3) is 0.538. The Bertz CT molecular complexity index is 386. The number of nitrogens with zero attached hydrogens (tertiary/aromatic N) is 1. The van der Waals surface area contributed by atoms with Crippen molar-refractivity contribution in [3.63, 3.8) is 0 Å². The molecule has 86 valence electrons. The Morgan fingerprint density at radius 3 is 3.00 bits per heavy atom. The molecule has 0 amide bonds. The second-order valence-electron chi connectivity index (χ2n) is 4.82. The third-order valence-electron chi connectivity index (χ3n) is 3.40. The molecule has 3 heteroatoms. The molecule has 0 unspecified atom stereocenters. The minimum absolute atomic E-state index is 0.393. The fourth-order valence-electron chi connectivity index (χ4n) is 2.44. The summed E-state index contributed by atoms with van der Waals surface area (Å²) in [5, 5.41) is 3.38. The molecule has 1 fully saturated rings.